The van der Waals surface area contributed by atoms with Crippen molar-refractivity contribution >= 4 is 0 Å². The molecule has 1 aromatic carbocycles. The molecule has 1 aliphatic heterocycles. The second kappa shape index (κ2) is 5.38. The number of benzene rings is 1. The van der Waals surface area contributed by atoms with Gasteiger partial charge >= 0.3 is 0 Å². The monoisotopic (exact) mass is 236 g/mol. The van der Waals surface area contributed by atoms with E-state index in [4.69, 9.17) is 15.2 Å². The van der Waals surface area contributed by atoms with E-state index in [0.29, 0.717) is 6.04 Å². The third kappa shape index (κ3) is 2.53. The molecule has 3 N–H and O–H groups in total. The zero-order chi connectivity index (χ0) is 12.3. The average molecular weight is 236 g/mol. The number of nitrogens with one attached hydrogen (secondary N) is 1. The largest absolute Gasteiger partial charge is 0.493 e. The Morgan fingerprint density at radius 1 is 1.24 bits per heavy atom. The highest BCUT2D eigenvalue weighted by Crippen LogP contribution is 2.32. The van der Waals surface area contributed by atoms with E-state index >= 15 is 0 Å². The van der Waals surface area contributed by atoms with E-state index < -0.39 is 0 Å². The molecular formula is C13H20N2O2. The van der Waals surface area contributed by atoms with E-state index in [1.165, 1.54) is 11.1 Å². The second-order valence-electron chi connectivity index (χ2n) is 4.34. The molecule has 94 valence electrons. The SMILES string of the molecule is COc1cc2c(cc1OC)CC(CCN)NC2. The summed E-state index contributed by atoms with van der Waals surface area (Å²) < 4.78 is 10.6. The summed E-state index contributed by atoms with van der Waals surface area (Å²) in [6, 6.07) is 4.61. The summed E-state index contributed by atoms with van der Waals surface area (Å²) in [6.07, 6.45) is 2.01. The maximum absolute atomic E-state index is 5.60. The molecule has 1 unspecified atom stereocenters. The smallest absolute Gasteiger partial charge is 0.161 e. The van der Waals surface area contributed by atoms with Gasteiger partial charge in [-0.2, -0.15) is 0 Å². The first-order valence-corrected chi connectivity index (χ1v) is 5.95. The maximum atomic E-state index is 5.60. The second-order valence-corrected chi connectivity index (χ2v) is 4.34. The van der Waals surface area contributed by atoms with Crippen LogP contribution in [0.15, 0.2) is 12.1 Å². The van der Waals surface area contributed by atoms with Gasteiger partial charge in [-0.1, -0.05) is 0 Å². The van der Waals surface area contributed by atoms with Crippen LogP contribution in [0.25, 0.3) is 0 Å². The maximum Gasteiger partial charge on any atom is 0.161 e. The van der Waals surface area contributed by atoms with Crippen LogP contribution in [0.1, 0.15) is 17.5 Å². The Kier molecular flexibility index (Phi) is 3.86. The summed E-state index contributed by atoms with van der Waals surface area (Å²) in [5.41, 5.74) is 8.22. The van der Waals surface area contributed by atoms with Crippen LogP contribution in [0.4, 0.5) is 0 Å². The Morgan fingerprint density at radius 3 is 2.47 bits per heavy atom. The lowest BCUT2D eigenvalue weighted by Crippen LogP contribution is -2.37. The first-order valence-electron chi connectivity index (χ1n) is 5.95. The molecule has 2 rings (SSSR count). The Morgan fingerprint density at radius 2 is 1.88 bits per heavy atom. The first-order chi connectivity index (χ1) is 8.28. The van der Waals surface area contributed by atoms with E-state index in [1.54, 1.807) is 14.2 Å². The number of hydrogen-bond acceptors (Lipinski definition) is 4. The van der Waals surface area contributed by atoms with Crippen LogP contribution in [0.3, 0.4) is 0 Å². The summed E-state index contributed by atoms with van der Waals surface area (Å²) in [4.78, 5) is 0. The van der Waals surface area contributed by atoms with E-state index in [0.717, 1.165) is 37.4 Å². The van der Waals surface area contributed by atoms with Crippen LogP contribution in [0.2, 0.25) is 0 Å². The van der Waals surface area contributed by atoms with Crippen molar-refractivity contribution in [3.05, 3.63) is 23.3 Å². The molecule has 4 heteroatoms. The zero-order valence-electron chi connectivity index (χ0n) is 10.5. The number of nitrogens with two attached hydrogens (primary N) is 1. The lowest BCUT2D eigenvalue weighted by molar-refractivity contribution is 0.352. The van der Waals surface area contributed by atoms with Gasteiger partial charge in [-0.15, -0.1) is 0 Å². The predicted molar refractivity (Wildman–Crippen MR) is 67.5 cm³/mol. The van der Waals surface area contributed by atoms with E-state index in [2.05, 4.69) is 17.4 Å². The van der Waals surface area contributed by atoms with E-state index in [1.807, 2.05) is 0 Å². The molecule has 0 saturated carbocycles. The molecule has 0 aromatic heterocycles. The summed E-state index contributed by atoms with van der Waals surface area (Å²) in [7, 11) is 3.33. The molecule has 0 radical (unpaired) electrons. The van der Waals surface area contributed by atoms with E-state index in [9.17, 15) is 0 Å². The molecule has 0 spiro atoms. The number of rotatable bonds is 4. The van der Waals surface area contributed by atoms with Gasteiger partial charge in [-0.25, -0.2) is 0 Å². The molecule has 0 saturated heterocycles. The fourth-order valence-electron chi connectivity index (χ4n) is 2.31. The van der Waals surface area contributed by atoms with Crippen LogP contribution in [0.5, 0.6) is 11.5 Å². The fourth-order valence-corrected chi connectivity index (χ4v) is 2.31. The molecule has 1 aromatic rings. The van der Waals surface area contributed by atoms with Crippen molar-refractivity contribution in [3.63, 3.8) is 0 Å². The van der Waals surface area contributed by atoms with Crippen molar-refractivity contribution in [2.75, 3.05) is 20.8 Å². The Bertz CT molecular complexity index is 393. The third-order valence-electron chi connectivity index (χ3n) is 3.27. The summed E-state index contributed by atoms with van der Waals surface area (Å²) >= 11 is 0. The molecule has 1 atom stereocenters. The molecular weight excluding hydrogens is 216 g/mol. The van der Waals surface area contributed by atoms with Gasteiger partial charge in [0.25, 0.3) is 0 Å². The van der Waals surface area contributed by atoms with Gasteiger partial charge in [0, 0.05) is 12.6 Å². The van der Waals surface area contributed by atoms with Gasteiger partial charge in [-0.3, -0.25) is 0 Å². The van der Waals surface area contributed by atoms with Crippen molar-refractivity contribution in [2.24, 2.45) is 5.73 Å². The third-order valence-corrected chi connectivity index (χ3v) is 3.27. The number of hydrogen-bond donors (Lipinski definition) is 2. The van der Waals surface area contributed by atoms with Crippen molar-refractivity contribution in [1.29, 1.82) is 0 Å². The lowest BCUT2D eigenvalue weighted by atomic mass is 9.93. The summed E-state index contributed by atoms with van der Waals surface area (Å²) in [5.74, 6) is 1.60. The average Bonchev–Trinajstić information content (AvgIpc) is 2.37. The quantitative estimate of drug-likeness (QED) is 0.821. The van der Waals surface area contributed by atoms with Gasteiger partial charge in [-0.05, 0) is 42.6 Å². The molecule has 1 aliphatic rings. The summed E-state index contributed by atoms with van der Waals surface area (Å²) in [6.45, 7) is 1.60. The van der Waals surface area contributed by atoms with Crippen LogP contribution in [0, 0.1) is 0 Å². The molecule has 4 nitrogen and oxygen atoms in total. The van der Waals surface area contributed by atoms with Crippen molar-refractivity contribution in [2.45, 2.75) is 25.4 Å². The first kappa shape index (κ1) is 12.2. The molecule has 1 heterocycles. The van der Waals surface area contributed by atoms with Gasteiger partial charge in [0.1, 0.15) is 0 Å². The van der Waals surface area contributed by atoms with Crippen LogP contribution in [-0.4, -0.2) is 26.8 Å². The highest BCUT2D eigenvalue weighted by molar-refractivity contribution is 5.48. The minimum Gasteiger partial charge on any atom is -0.493 e. The number of fused-ring (bicyclic) bond motifs is 1. The highest BCUT2D eigenvalue weighted by Gasteiger charge is 2.19. The van der Waals surface area contributed by atoms with Crippen molar-refractivity contribution in [3.8, 4) is 11.5 Å². The standard InChI is InChI=1S/C13H20N2O2/c1-16-12-6-9-5-11(3-4-14)15-8-10(9)7-13(12)17-2/h6-7,11,15H,3-5,8,14H2,1-2H3. The number of ether oxygens (including phenoxy) is 2. The predicted octanol–water partition coefficient (Wildman–Crippen LogP) is 1.07. The normalized spacial score (nSPS) is 18.6. The van der Waals surface area contributed by atoms with Gasteiger partial charge in [0.2, 0.25) is 0 Å². The minimum absolute atomic E-state index is 0.477. The Balaban J connectivity index is 2.25. The Labute approximate surface area is 102 Å². The lowest BCUT2D eigenvalue weighted by Gasteiger charge is -2.26. The molecule has 0 fully saturated rings. The van der Waals surface area contributed by atoms with Gasteiger partial charge in [0.05, 0.1) is 14.2 Å². The van der Waals surface area contributed by atoms with E-state index in [-0.39, 0.29) is 0 Å². The molecule has 0 bridgehead atoms. The number of methoxy groups -OCH3 is 2. The summed E-state index contributed by atoms with van der Waals surface area (Å²) in [5, 5.41) is 3.49. The molecule has 0 amide bonds. The van der Waals surface area contributed by atoms with Crippen LogP contribution >= 0.6 is 0 Å². The van der Waals surface area contributed by atoms with Crippen LogP contribution < -0.4 is 20.5 Å². The molecule has 17 heavy (non-hydrogen) atoms. The van der Waals surface area contributed by atoms with Gasteiger partial charge in [0.15, 0.2) is 11.5 Å². The zero-order valence-corrected chi connectivity index (χ0v) is 10.5. The Hall–Kier alpha value is -1.26. The van der Waals surface area contributed by atoms with Gasteiger partial charge < -0.3 is 20.5 Å². The highest BCUT2D eigenvalue weighted by atomic mass is 16.5. The van der Waals surface area contributed by atoms with Crippen LogP contribution in [-0.2, 0) is 13.0 Å². The topological polar surface area (TPSA) is 56.5 Å². The fraction of sp³-hybridized carbons (Fsp3) is 0.538. The van der Waals surface area contributed by atoms with Crippen molar-refractivity contribution < 1.29 is 9.47 Å². The minimum atomic E-state index is 0.477. The molecule has 0 aliphatic carbocycles. The van der Waals surface area contributed by atoms with Crippen molar-refractivity contribution in [1.82, 2.24) is 5.32 Å².